The molecule has 0 aliphatic heterocycles. The number of aromatic carboxylic acids is 1. The Hall–Kier alpha value is 0.150. The molecular weight excluding hydrogens is 577 g/mol. The lowest BCUT2D eigenvalue weighted by molar-refractivity contribution is -0.119. The van der Waals surface area contributed by atoms with Crippen molar-refractivity contribution in [3.8, 4) is 0 Å². The van der Waals surface area contributed by atoms with E-state index in [9.17, 15) is 14.7 Å². The highest BCUT2D eigenvalue weighted by molar-refractivity contribution is 14.1. The summed E-state index contributed by atoms with van der Waals surface area (Å²) in [5.41, 5.74) is 7.27. The van der Waals surface area contributed by atoms with Gasteiger partial charge in [-0.1, -0.05) is 0 Å². The van der Waals surface area contributed by atoms with E-state index in [4.69, 9.17) is 5.73 Å². The summed E-state index contributed by atoms with van der Waals surface area (Å²) in [5, 5.41) is 11.9. The van der Waals surface area contributed by atoms with Crippen LogP contribution in [-0.2, 0) is 11.3 Å². The molecule has 1 aromatic carbocycles. The van der Waals surface area contributed by atoms with Crippen molar-refractivity contribution >= 4 is 85.3 Å². The number of nitrogens with one attached hydrogen (secondary N) is 1. The van der Waals surface area contributed by atoms with Crippen molar-refractivity contribution < 1.29 is 14.7 Å². The number of nitrogens with two attached hydrogens (primary N) is 1. The molecule has 0 spiro atoms. The Morgan fingerprint density at radius 2 is 1.78 bits per heavy atom. The number of anilines is 1. The predicted molar refractivity (Wildman–Crippen MR) is 93.5 cm³/mol. The second-order valence-corrected chi connectivity index (χ2v) is 6.66. The van der Waals surface area contributed by atoms with E-state index in [1.54, 1.807) is 0 Å². The van der Waals surface area contributed by atoms with Crippen LogP contribution in [0.1, 0.15) is 22.8 Å². The van der Waals surface area contributed by atoms with Crippen LogP contribution in [0, 0.1) is 10.7 Å². The minimum atomic E-state index is -1.02. The van der Waals surface area contributed by atoms with Gasteiger partial charge in [-0.25, -0.2) is 4.79 Å². The van der Waals surface area contributed by atoms with E-state index < -0.39 is 5.97 Å². The molecule has 0 aliphatic rings. The number of benzene rings is 1. The summed E-state index contributed by atoms with van der Waals surface area (Å²) < 4.78 is 1.91. The first kappa shape index (κ1) is 16.2. The lowest BCUT2D eigenvalue weighted by Gasteiger charge is -2.15. The summed E-state index contributed by atoms with van der Waals surface area (Å²) >= 11 is 5.96. The number of amides is 1. The maximum Gasteiger partial charge on any atom is 0.337 e. The second kappa shape index (κ2) is 6.54. The molecular formula is C10H9I3N2O3. The normalized spacial score (nSPS) is 10.2. The molecule has 1 rings (SSSR count). The summed E-state index contributed by atoms with van der Waals surface area (Å²) in [6.07, 6.45) is 0. The highest BCUT2D eigenvalue weighted by Crippen LogP contribution is 2.33. The zero-order valence-corrected chi connectivity index (χ0v) is 15.7. The van der Waals surface area contributed by atoms with E-state index in [1.807, 2.05) is 45.2 Å². The van der Waals surface area contributed by atoms with Crippen LogP contribution in [-0.4, -0.2) is 17.0 Å². The number of hydrogen-bond donors (Lipinski definition) is 3. The van der Waals surface area contributed by atoms with Crippen LogP contribution < -0.4 is 11.1 Å². The summed E-state index contributed by atoms with van der Waals surface area (Å²) in [7, 11) is 0. The molecule has 0 radical (unpaired) electrons. The van der Waals surface area contributed by atoms with Gasteiger partial charge in [-0.3, -0.25) is 4.79 Å². The zero-order chi connectivity index (χ0) is 14.0. The average Bonchev–Trinajstić information content (AvgIpc) is 2.25. The number of carbonyl (C=O) groups excluding carboxylic acids is 1. The van der Waals surface area contributed by atoms with E-state index in [-0.39, 0.29) is 18.0 Å². The lowest BCUT2D eigenvalue weighted by Crippen LogP contribution is -2.22. The van der Waals surface area contributed by atoms with E-state index >= 15 is 0 Å². The first-order valence-electron chi connectivity index (χ1n) is 4.69. The molecule has 0 aromatic heterocycles. The van der Waals surface area contributed by atoms with Gasteiger partial charge in [0.1, 0.15) is 0 Å². The molecule has 0 saturated carbocycles. The summed E-state index contributed by atoms with van der Waals surface area (Å²) in [6, 6.07) is 0. The van der Waals surface area contributed by atoms with Gasteiger partial charge < -0.3 is 16.2 Å². The monoisotopic (exact) mass is 586 g/mol. The third kappa shape index (κ3) is 3.37. The molecule has 0 unspecified atom stereocenters. The maximum absolute atomic E-state index is 11.2. The lowest BCUT2D eigenvalue weighted by atomic mass is 10.1. The van der Waals surface area contributed by atoms with Gasteiger partial charge in [0.2, 0.25) is 5.91 Å². The topological polar surface area (TPSA) is 92.4 Å². The standard InChI is InChI=1S/C10H9I3N2O3/c1-3(16)15-2-4-6(11)5(10(17)18)8(13)9(14)7(4)12/h2,14H2,1H3,(H,15,16)(H,17,18). The molecule has 0 bridgehead atoms. The Morgan fingerprint density at radius 3 is 2.22 bits per heavy atom. The van der Waals surface area contributed by atoms with Crippen LogP contribution in [0.15, 0.2) is 0 Å². The average molecular weight is 586 g/mol. The SMILES string of the molecule is CC(=O)NCc1c(I)c(N)c(I)c(C(=O)O)c1I. The molecule has 0 fully saturated rings. The number of carboxylic acids is 1. The molecule has 0 saturated heterocycles. The van der Waals surface area contributed by atoms with Crippen molar-refractivity contribution in [3.05, 3.63) is 21.8 Å². The fourth-order valence-electron chi connectivity index (χ4n) is 1.29. The summed E-state index contributed by atoms with van der Waals surface area (Å²) in [6.45, 7) is 1.68. The number of hydrogen-bond acceptors (Lipinski definition) is 3. The zero-order valence-electron chi connectivity index (χ0n) is 9.18. The third-order valence-electron chi connectivity index (χ3n) is 2.17. The molecule has 0 aliphatic carbocycles. The quantitative estimate of drug-likeness (QED) is 0.375. The van der Waals surface area contributed by atoms with Gasteiger partial charge in [-0.2, -0.15) is 0 Å². The van der Waals surface area contributed by atoms with Crippen LogP contribution in [0.3, 0.4) is 0 Å². The predicted octanol–water partition coefficient (Wildman–Crippen LogP) is 2.42. The summed E-state index contributed by atoms with van der Waals surface area (Å²) in [5.74, 6) is -1.19. The van der Waals surface area contributed by atoms with E-state index in [2.05, 4.69) is 27.9 Å². The minimum Gasteiger partial charge on any atom is -0.478 e. The number of carboxylic acid groups (broad SMARTS) is 1. The van der Waals surface area contributed by atoms with Crippen molar-refractivity contribution in [1.29, 1.82) is 0 Å². The van der Waals surface area contributed by atoms with Gasteiger partial charge in [0.15, 0.2) is 0 Å². The van der Waals surface area contributed by atoms with Gasteiger partial charge >= 0.3 is 5.97 Å². The van der Waals surface area contributed by atoms with Crippen molar-refractivity contribution in [3.63, 3.8) is 0 Å². The van der Waals surface area contributed by atoms with Gasteiger partial charge in [0, 0.05) is 26.2 Å². The highest BCUT2D eigenvalue weighted by Gasteiger charge is 2.22. The molecule has 5 nitrogen and oxygen atoms in total. The first-order valence-corrected chi connectivity index (χ1v) is 7.93. The smallest absolute Gasteiger partial charge is 0.337 e. The van der Waals surface area contributed by atoms with Crippen LogP contribution in [0.25, 0.3) is 0 Å². The summed E-state index contributed by atoms with van der Waals surface area (Å²) in [4.78, 5) is 22.2. The fourth-order valence-corrected chi connectivity index (χ4v) is 5.30. The fraction of sp³-hybridized carbons (Fsp3) is 0.200. The van der Waals surface area contributed by atoms with Crippen molar-refractivity contribution in [2.24, 2.45) is 0 Å². The molecule has 98 valence electrons. The van der Waals surface area contributed by atoms with Gasteiger partial charge in [-0.05, 0) is 67.8 Å². The second-order valence-electron chi connectivity index (χ2n) is 3.42. The largest absolute Gasteiger partial charge is 0.478 e. The Labute approximate surface area is 145 Å². The number of halogens is 3. The first-order chi connectivity index (χ1) is 8.27. The maximum atomic E-state index is 11.2. The number of nitrogen functional groups attached to an aromatic ring is 1. The van der Waals surface area contributed by atoms with Gasteiger partial charge in [0.25, 0.3) is 0 Å². The molecule has 0 heterocycles. The Bertz CT molecular complexity index is 532. The van der Waals surface area contributed by atoms with Crippen LogP contribution >= 0.6 is 67.8 Å². The van der Waals surface area contributed by atoms with Gasteiger partial charge in [-0.15, -0.1) is 0 Å². The third-order valence-corrected chi connectivity index (χ3v) is 5.71. The molecule has 0 atom stereocenters. The van der Waals surface area contributed by atoms with Crippen molar-refractivity contribution in [1.82, 2.24) is 5.32 Å². The van der Waals surface area contributed by atoms with Crippen LogP contribution in [0.2, 0.25) is 0 Å². The Morgan fingerprint density at radius 1 is 1.22 bits per heavy atom. The minimum absolute atomic E-state index is 0.171. The Kier molecular flexibility index (Phi) is 5.89. The van der Waals surface area contributed by atoms with Crippen LogP contribution in [0.5, 0.6) is 0 Å². The Balaban J connectivity index is 3.42. The molecule has 1 aromatic rings. The molecule has 4 N–H and O–H groups in total. The molecule has 1 amide bonds. The van der Waals surface area contributed by atoms with Crippen LogP contribution in [0.4, 0.5) is 5.69 Å². The van der Waals surface area contributed by atoms with E-state index in [1.165, 1.54) is 6.92 Å². The van der Waals surface area contributed by atoms with Crippen molar-refractivity contribution in [2.75, 3.05) is 5.73 Å². The highest BCUT2D eigenvalue weighted by atomic mass is 127. The van der Waals surface area contributed by atoms with E-state index in [0.29, 0.717) is 12.8 Å². The van der Waals surface area contributed by atoms with Gasteiger partial charge in [0.05, 0.1) is 14.8 Å². The van der Waals surface area contributed by atoms with Crippen molar-refractivity contribution in [2.45, 2.75) is 13.5 Å². The number of rotatable bonds is 3. The number of carbonyl (C=O) groups is 2. The molecule has 18 heavy (non-hydrogen) atoms. The molecule has 8 heteroatoms. The van der Waals surface area contributed by atoms with E-state index in [0.717, 1.165) is 9.13 Å².